The van der Waals surface area contributed by atoms with Crippen LogP contribution in [-0.4, -0.2) is 37.5 Å². The summed E-state index contributed by atoms with van der Waals surface area (Å²) in [4.78, 5) is 12.6. The predicted octanol–water partition coefficient (Wildman–Crippen LogP) is 4.31. The number of cyclic esters (lactones) is 1. The molecule has 0 saturated carbocycles. The van der Waals surface area contributed by atoms with Crippen LogP contribution in [0.5, 0.6) is 0 Å². The van der Waals surface area contributed by atoms with Crippen molar-refractivity contribution in [2.24, 2.45) is 5.92 Å². The van der Waals surface area contributed by atoms with Gasteiger partial charge in [0, 0.05) is 7.11 Å². The lowest BCUT2D eigenvalue weighted by atomic mass is 9.97. The largest absolute Gasteiger partial charge is 0.453 e. The van der Waals surface area contributed by atoms with Crippen LogP contribution >= 0.6 is 0 Å². The summed E-state index contributed by atoms with van der Waals surface area (Å²) in [6.07, 6.45) is 1.42. The van der Waals surface area contributed by atoms with Crippen LogP contribution in [0.15, 0.2) is 72.8 Å². The van der Waals surface area contributed by atoms with Gasteiger partial charge in [0.05, 0.1) is 13.2 Å². The van der Waals surface area contributed by atoms with E-state index in [1.165, 1.54) is 7.11 Å². The maximum atomic E-state index is 12.6. The maximum absolute atomic E-state index is 12.6. The Morgan fingerprint density at radius 2 is 1.43 bits per heavy atom. The van der Waals surface area contributed by atoms with Gasteiger partial charge < -0.3 is 18.9 Å². The van der Waals surface area contributed by atoms with E-state index in [1.54, 1.807) is 0 Å². The van der Waals surface area contributed by atoms with E-state index in [2.05, 4.69) is 13.8 Å². The quantitative estimate of drug-likeness (QED) is 0.455. The van der Waals surface area contributed by atoms with Crippen molar-refractivity contribution in [1.82, 2.24) is 0 Å². The van der Waals surface area contributed by atoms with E-state index in [4.69, 9.17) is 18.9 Å². The first-order chi connectivity index (χ1) is 14.6. The second-order valence-electron chi connectivity index (χ2n) is 7.71. The molecule has 0 radical (unpaired) electrons. The molecular formula is C25H30O5. The maximum Gasteiger partial charge on any atom is 0.338 e. The molecule has 1 aliphatic rings. The second kappa shape index (κ2) is 11.1. The van der Waals surface area contributed by atoms with Gasteiger partial charge in [-0.1, -0.05) is 80.6 Å². The molecule has 160 valence electrons. The smallest absolute Gasteiger partial charge is 0.338 e. The summed E-state index contributed by atoms with van der Waals surface area (Å²) in [7, 11) is 1.49. The molecule has 0 aromatic heterocycles. The van der Waals surface area contributed by atoms with Crippen molar-refractivity contribution in [2.75, 3.05) is 7.11 Å². The fraction of sp³-hybridized carbons (Fsp3) is 0.400. The van der Waals surface area contributed by atoms with Crippen molar-refractivity contribution in [1.29, 1.82) is 0 Å². The molecule has 1 aliphatic heterocycles. The highest BCUT2D eigenvalue weighted by atomic mass is 16.6. The zero-order valence-electron chi connectivity index (χ0n) is 17.8. The van der Waals surface area contributed by atoms with Gasteiger partial charge >= 0.3 is 5.97 Å². The Hall–Kier alpha value is -2.47. The summed E-state index contributed by atoms with van der Waals surface area (Å²) >= 11 is 0. The molecule has 0 aliphatic carbocycles. The van der Waals surface area contributed by atoms with Gasteiger partial charge in [-0.05, 0) is 23.1 Å². The van der Waals surface area contributed by atoms with Gasteiger partial charge in [-0.3, -0.25) is 0 Å². The summed E-state index contributed by atoms with van der Waals surface area (Å²) in [6, 6.07) is 19.7. The Balaban J connectivity index is 1.82. The van der Waals surface area contributed by atoms with E-state index in [0.717, 1.165) is 11.1 Å². The van der Waals surface area contributed by atoms with Gasteiger partial charge in [0.15, 0.2) is 6.10 Å². The molecule has 0 unspecified atom stereocenters. The minimum absolute atomic E-state index is 0.322. The van der Waals surface area contributed by atoms with Gasteiger partial charge in [0.2, 0.25) is 0 Å². The lowest BCUT2D eigenvalue weighted by Gasteiger charge is -2.39. The van der Waals surface area contributed by atoms with E-state index >= 15 is 0 Å². The molecule has 1 fully saturated rings. The highest BCUT2D eigenvalue weighted by Gasteiger charge is 2.47. The molecule has 1 heterocycles. The van der Waals surface area contributed by atoms with Crippen molar-refractivity contribution in [3.8, 4) is 0 Å². The average molecular weight is 411 g/mol. The number of carbonyl (C=O) groups excluding carboxylic acids is 1. The van der Waals surface area contributed by atoms with Crippen molar-refractivity contribution < 1.29 is 23.7 Å². The Kier molecular flexibility index (Phi) is 8.20. The number of benzene rings is 2. The van der Waals surface area contributed by atoms with Gasteiger partial charge in [-0.2, -0.15) is 0 Å². The first-order valence-electron chi connectivity index (χ1n) is 10.3. The van der Waals surface area contributed by atoms with E-state index in [-0.39, 0.29) is 0 Å². The van der Waals surface area contributed by atoms with Gasteiger partial charge in [-0.25, -0.2) is 4.79 Å². The molecule has 1 saturated heterocycles. The fourth-order valence-electron chi connectivity index (χ4n) is 3.38. The first kappa shape index (κ1) is 22.2. The third kappa shape index (κ3) is 6.02. The van der Waals surface area contributed by atoms with E-state index in [9.17, 15) is 4.79 Å². The number of hydrogen-bond acceptors (Lipinski definition) is 5. The van der Waals surface area contributed by atoms with Crippen LogP contribution in [0.2, 0.25) is 0 Å². The molecule has 0 N–H and O–H groups in total. The van der Waals surface area contributed by atoms with Crippen molar-refractivity contribution in [3.05, 3.63) is 83.9 Å². The lowest BCUT2D eigenvalue weighted by Crippen LogP contribution is -2.57. The summed E-state index contributed by atoms with van der Waals surface area (Å²) in [5, 5.41) is 0. The number of rotatable bonds is 9. The molecular weight excluding hydrogens is 380 g/mol. The zero-order valence-corrected chi connectivity index (χ0v) is 17.8. The van der Waals surface area contributed by atoms with Crippen LogP contribution in [-0.2, 0) is 37.0 Å². The Labute approximate surface area is 178 Å². The number of esters is 1. The molecule has 0 bridgehead atoms. The first-order valence-corrected chi connectivity index (χ1v) is 10.3. The van der Waals surface area contributed by atoms with Crippen LogP contribution in [0.1, 0.15) is 25.0 Å². The van der Waals surface area contributed by atoms with Crippen LogP contribution < -0.4 is 0 Å². The standard InChI is InChI=1S/C25H30O5/c1-18(2)14-15-21-22(28-16-19-10-6-4-7-11-19)23(24(27-3)25(26)30-21)29-17-20-12-8-5-9-13-20/h4-15,18,21-24H,16-17H2,1-3H3/b15-14+/t21-,22+,23-,24-/m1/s1. The molecule has 0 spiro atoms. The monoisotopic (exact) mass is 410 g/mol. The van der Waals surface area contributed by atoms with E-state index in [1.807, 2.05) is 72.8 Å². The molecule has 5 heteroatoms. The van der Waals surface area contributed by atoms with Gasteiger partial charge in [0.25, 0.3) is 0 Å². The number of ether oxygens (including phenoxy) is 4. The second-order valence-corrected chi connectivity index (χ2v) is 7.71. The summed E-state index contributed by atoms with van der Waals surface area (Å²) < 4.78 is 23.6. The Morgan fingerprint density at radius 1 is 0.900 bits per heavy atom. The predicted molar refractivity (Wildman–Crippen MR) is 115 cm³/mol. The zero-order chi connectivity index (χ0) is 21.3. The molecule has 0 amide bonds. The molecule has 2 aromatic carbocycles. The molecule has 2 aromatic rings. The van der Waals surface area contributed by atoms with Crippen molar-refractivity contribution in [2.45, 2.75) is 51.5 Å². The normalized spacial score (nSPS) is 24.3. The SMILES string of the molecule is CO[C@H]1C(=O)O[C@H](/C=C/C(C)C)[C@H](OCc2ccccc2)[C@H]1OCc1ccccc1. The fourth-order valence-corrected chi connectivity index (χ4v) is 3.38. The minimum Gasteiger partial charge on any atom is -0.453 e. The Morgan fingerprint density at radius 3 is 1.93 bits per heavy atom. The van der Waals surface area contributed by atoms with Crippen LogP contribution in [0.4, 0.5) is 0 Å². The van der Waals surface area contributed by atoms with E-state index in [0.29, 0.717) is 19.1 Å². The van der Waals surface area contributed by atoms with Crippen molar-refractivity contribution in [3.63, 3.8) is 0 Å². The van der Waals surface area contributed by atoms with Crippen LogP contribution in [0, 0.1) is 5.92 Å². The van der Waals surface area contributed by atoms with Gasteiger partial charge in [0.1, 0.15) is 18.3 Å². The number of allylic oxidation sites excluding steroid dienone is 1. The van der Waals surface area contributed by atoms with Gasteiger partial charge in [-0.15, -0.1) is 0 Å². The molecule has 5 nitrogen and oxygen atoms in total. The Bertz CT molecular complexity index is 803. The third-order valence-corrected chi connectivity index (χ3v) is 4.94. The summed E-state index contributed by atoms with van der Waals surface area (Å²) in [5.41, 5.74) is 2.05. The summed E-state index contributed by atoms with van der Waals surface area (Å²) in [5.74, 6) is -0.115. The lowest BCUT2D eigenvalue weighted by molar-refractivity contribution is -0.221. The topological polar surface area (TPSA) is 54.0 Å². The highest BCUT2D eigenvalue weighted by molar-refractivity contribution is 5.77. The van der Waals surface area contributed by atoms with Crippen LogP contribution in [0.3, 0.4) is 0 Å². The molecule has 30 heavy (non-hydrogen) atoms. The average Bonchev–Trinajstić information content (AvgIpc) is 2.76. The third-order valence-electron chi connectivity index (χ3n) is 4.94. The van der Waals surface area contributed by atoms with Crippen molar-refractivity contribution >= 4 is 5.97 Å². The number of carbonyl (C=O) groups is 1. The molecule has 3 rings (SSSR count). The van der Waals surface area contributed by atoms with E-state index < -0.39 is 30.4 Å². The molecule has 4 atom stereocenters. The number of methoxy groups -OCH3 is 1. The minimum atomic E-state index is -0.849. The number of hydrogen-bond donors (Lipinski definition) is 0. The summed E-state index contributed by atoms with van der Waals surface area (Å²) in [6.45, 7) is 4.88. The highest BCUT2D eigenvalue weighted by Crippen LogP contribution is 2.27. The van der Waals surface area contributed by atoms with Crippen LogP contribution in [0.25, 0.3) is 0 Å².